The van der Waals surface area contributed by atoms with Gasteiger partial charge in [0.25, 0.3) is 0 Å². The lowest BCUT2D eigenvalue weighted by molar-refractivity contribution is 0.0264. The van der Waals surface area contributed by atoms with E-state index in [-0.39, 0.29) is 0 Å². The smallest absolute Gasteiger partial charge is 0.193 e. The van der Waals surface area contributed by atoms with Gasteiger partial charge in [0, 0.05) is 33.3 Å². The minimum absolute atomic E-state index is 0.384. The van der Waals surface area contributed by atoms with Crippen molar-refractivity contribution in [1.29, 1.82) is 0 Å². The molecule has 2 aliphatic rings. The molecule has 0 spiro atoms. The Hall–Kier alpha value is -1.66. The van der Waals surface area contributed by atoms with E-state index in [4.69, 9.17) is 25.8 Å². The molecule has 6 nitrogen and oxygen atoms in total. The maximum Gasteiger partial charge on any atom is 0.193 e. The summed E-state index contributed by atoms with van der Waals surface area (Å²) in [5, 5.41) is 4.06. The van der Waals surface area contributed by atoms with E-state index in [1.54, 1.807) is 0 Å². The molecule has 26 heavy (non-hydrogen) atoms. The maximum absolute atomic E-state index is 6.31. The highest BCUT2D eigenvalue weighted by Crippen LogP contribution is 2.38. The largest absolute Gasteiger partial charge is 0.486 e. The Morgan fingerprint density at radius 3 is 2.81 bits per heavy atom. The van der Waals surface area contributed by atoms with E-state index in [1.807, 2.05) is 19.2 Å². The molecule has 0 amide bonds. The van der Waals surface area contributed by atoms with Gasteiger partial charge in [-0.15, -0.1) is 0 Å². The number of guanidine groups is 1. The summed E-state index contributed by atoms with van der Waals surface area (Å²) < 4.78 is 16.9. The first-order chi connectivity index (χ1) is 12.7. The predicted molar refractivity (Wildman–Crippen MR) is 104 cm³/mol. The highest BCUT2D eigenvalue weighted by molar-refractivity contribution is 6.32. The molecule has 144 valence electrons. The molecule has 1 aromatic carbocycles. The van der Waals surface area contributed by atoms with Crippen molar-refractivity contribution >= 4 is 17.6 Å². The van der Waals surface area contributed by atoms with Crippen LogP contribution in [0.4, 0.5) is 0 Å². The fourth-order valence-electron chi connectivity index (χ4n) is 3.43. The van der Waals surface area contributed by atoms with Crippen LogP contribution in [0, 0.1) is 0 Å². The summed E-state index contributed by atoms with van der Waals surface area (Å²) in [6.45, 7) is 6.68. The number of nitrogens with one attached hydrogen (secondary N) is 1. The molecule has 1 saturated heterocycles. The number of likely N-dealkylation sites (tertiary alicyclic amines) is 1. The standard InChI is InChI=1S/C19H28ClN3O3/c1-3-24-15-5-8-23(9-6-15)19(21-2)22-7-4-14-12-16(20)18-17(13-14)25-10-11-26-18/h12-13,15H,3-11H2,1-2H3,(H,21,22). The molecule has 0 saturated carbocycles. The maximum atomic E-state index is 6.31. The van der Waals surface area contributed by atoms with E-state index in [0.717, 1.165) is 62.8 Å². The van der Waals surface area contributed by atoms with Gasteiger partial charge in [-0.1, -0.05) is 11.6 Å². The van der Waals surface area contributed by atoms with E-state index in [2.05, 4.69) is 22.1 Å². The minimum Gasteiger partial charge on any atom is -0.486 e. The zero-order valence-electron chi connectivity index (χ0n) is 15.6. The van der Waals surface area contributed by atoms with Crippen LogP contribution < -0.4 is 14.8 Å². The lowest BCUT2D eigenvalue weighted by Crippen LogP contribution is -2.47. The zero-order chi connectivity index (χ0) is 18.4. The van der Waals surface area contributed by atoms with Gasteiger partial charge in [0.05, 0.1) is 11.1 Å². The van der Waals surface area contributed by atoms with E-state index >= 15 is 0 Å². The van der Waals surface area contributed by atoms with Gasteiger partial charge in [0.2, 0.25) is 0 Å². The van der Waals surface area contributed by atoms with E-state index in [1.165, 1.54) is 0 Å². The van der Waals surface area contributed by atoms with Gasteiger partial charge < -0.3 is 24.4 Å². The van der Waals surface area contributed by atoms with Crippen LogP contribution in [0.15, 0.2) is 17.1 Å². The molecule has 7 heteroatoms. The molecule has 0 radical (unpaired) electrons. The van der Waals surface area contributed by atoms with Crippen molar-refractivity contribution in [3.05, 3.63) is 22.7 Å². The van der Waals surface area contributed by atoms with Crippen LogP contribution in [0.2, 0.25) is 5.02 Å². The number of piperidine rings is 1. The van der Waals surface area contributed by atoms with Crippen LogP contribution in [-0.4, -0.2) is 63.5 Å². The van der Waals surface area contributed by atoms with Gasteiger partial charge in [-0.3, -0.25) is 4.99 Å². The van der Waals surface area contributed by atoms with Crippen molar-refractivity contribution in [3.8, 4) is 11.5 Å². The first kappa shape index (κ1) is 19.1. The number of rotatable bonds is 5. The predicted octanol–water partition coefficient (Wildman–Crippen LogP) is 2.73. The number of ether oxygens (including phenoxy) is 3. The summed E-state index contributed by atoms with van der Waals surface area (Å²) in [4.78, 5) is 6.72. The average molecular weight is 382 g/mol. The summed E-state index contributed by atoms with van der Waals surface area (Å²) in [5.74, 6) is 2.34. The molecule has 0 aliphatic carbocycles. The van der Waals surface area contributed by atoms with Crippen molar-refractivity contribution in [2.75, 3.05) is 46.5 Å². The molecule has 1 aromatic rings. The first-order valence-electron chi connectivity index (χ1n) is 9.36. The summed E-state index contributed by atoms with van der Waals surface area (Å²) >= 11 is 6.31. The second-order valence-corrected chi connectivity index (χ2v) is 6.87. The highest BCUT2D eigenvalue weighted by Gasteiger charge is 2.21. The van der Waals surface area contributed by atoms with Crippen molar-refractivity contribution in [2.45, 2.75) is 32.3 Å². The average Bonchev–Trinajstić information content (AvgIpc) is 2.66. The fraction of sp³-hybridized carbons (Fsp3) is 0.632. The normalized spacial score (nSPS) is 18.1. The Balaban J connectivity index is 1.50. The Morgan fingerprint density at radius 1 is 1.31 bits per heavy atom. The van der Waals surface area contributed by atoms with Crippen LogP contribution in [0.3, 0.4) is 0 Å². The third-order valence-electron chi connectivity index (χ3n) is 4.71. The monoisotopic (exact) mass is 381 g/mol. The molecule has 0 aromatic heterocycles. The molecule has 3 rings (SSSR count). The van der Waals surface area contributed by atoms with E-state index in [9.17, 15) is 0 Å². The number of hydrogen-bond acceptors (Lipinski definition) is 4. The number of fused-ring (bicyclic) bond motifs is 1. The molecule has 0 atom stereocenters. The van der Waals surface area contributed by atoms with Crippen molar-refractivity contribution < 1.29 is 14.2 Å². The van der Waals surface area contributed by atoms with Crippen LogP contribution in [0.25, 0.3) is 0 Å². The minimum atomic E-state index is 0.384. The molecule has 0 unspecified atom stereocenters. The highest BCUT2D eigenvalue weighted by atomic mass is 35.5. The van der Waals surface area contributed by atoms with Gasteiger partial charge in [-0.25, -0.2) is 0 Å². The number of hydrogen-bond donors (Lipinski definition) is 1. The molecule has 2 aliphatic heterocycles. The number of aliphatic imine (C=N–C) groups is 1. The van der Waals surface area contributed by atoms with Crippen molar-refractivity contribution in [2.24, 2.45) is 4.99 Å². The van der Waals surface area contributed by atoms with Crippen LogP contribution >= 0.6 is 11.6 Å². The van der Waals surface area contributed by atoms with Gasteiger partial charge in [-0.05, 0) is 43.9 Å². The SMILES string of the molecule is CCOC1CCN(C(=NC)NCCc2cc(Cl)c3c(c2)OCCO3)CC1. The Kier molecular flexibility index (Phi) is 6.86. The third-order valence-corrected chi connectivity index (χ3v) is 4.99. The molecule has 0 bridgehead atoms. The molecular weight excluding hydrogens is 354 g/mol. The van der Waals surface area contributed by atoms with E-state index < -0.39 is 0 Å². The molecule has 1 N–H and O–H groups in total. The second-order valence-electron chi connectivity index (χ2n) is 6.47. The van der Waals surface area contributed by atoms with Crippen LogP contribution in [0.5, 0.6) is 11.5 Å². The Morgan fingerprint density at radius 2 is 2.08 bits per heavy atom. The number of halogens is 1. The van der Waals surface area contributed by atoms with Gasteiger partial charge >= 0.3 is 0 Å². The summed E-state index contributed by atoms with van der Waals surface area (Å²) in [5.41, 5.74) is 1.12. The number of benzene rings is 1. The zero-order valence-corrected chi connectivity index (χ0v) is 16.3. The molecule has 1 fully saturated rings. The Bertz CT molecular complexity index is 631. The lowest BCUT2D eigenvalue weighted by atomic mass is 10.1. The van der Waals surface area contributed by atoms with Crippen LogP contribution in [0.1, 0.15) is 25.3 Å². The molecule has 2 heterocycles. The summed E-state index contributed by atoms with van der Waals surface area (Å²) in [7, 11) is 1.83. The topological polar surface area (TPSA) is 55.3 Å². The summed E-state index contributed by atoms with van der Waals surface area (Å²) in [6, 6.07) is 3.96. The van der Waals surface area contributed by atoms with E-state index in [0.29, 0.717) is 30.1 Å². The van der Waals surface area contributed by atoms with Gasteiger partial charge in [-0.2, -0.15) is 0 Å². The molecular formula is C19H28ClN3O3. The van der Waals surface area contributed by atoms with Crippen molar-refractivity contribution in [1.82, 2.24) is 10.2 Å². The van der Waals surface area contributed by atoms with Crippen LogP contribution in [-0.2, 0) is 11.2 Å². The Labute approximate surface area is 160 Å². The van der Waals surface area contributed by atoms with Gasteiger partial charge in [0.15, 0.2) is 17.5 Å². The second kappa shape index (κ2) is 9.33. The summed E-state index contributed by atoms with van der Waals surface area (Å²) in [6.07, 6.45) is 3.32. The fourth-order valence-corrected chi connectivity index (χ4v) is 3.72. The third kappa shape index (κ3) is 4.74. The number of nitrogens with zero attached hydrogens (tertiary/aromatic N) is 2. The first-order valence-corrected chi connectivity index (χ1v) is 9.74. The van der Waals surface area contributed by atoms with Gasteiger partial charge in [0.1, 0.15) is 13.2 Å². The lowest BCUT2D eigenvalue weighted by Gasteiger charge is -2.34. The van der Waals surface area contributed by atoms with Crippen molar-refractivity contribution in [3.63, 3.8) is 0 Å². The quantitative estimate of drug-likeness (QED) is 0.627.